The molecule has 0 bridgehead atoms. The average Bonchev–Trinajstić information content (AvgIpc) is 2.27. The molecule has 0 saturated carbocycles. The van der Waals surface area contributed by atoms with Crippen LogP contribution in [0.25, 0.3) is 10.9 Å². The van der Waals surface area contributed by atoms with Gasteiger partial charge >= 0.3 is 0 Å². The summed E-state index contributed by atoms with van der Waals surface area (Å²) >= 11 is 0. The van der Waals surface area contributed by atoms with Crippen molar-refractivity contribution >= 4 is 10.9 Å². The fourth-order valence-corrected chi connectivity index (χ4v) is 1.51. The highest BCUT2D eigenvalue weighted by atomic mass is 14.9. The van der Waals surface area contributed by atoms with Crippen LogP contribution in [0.3, 0.4) is 0 Å². The van der Waals surface area contributed by atoms with Gasteiger partial charge in [-0.1, -0.05) is 0 Å². The Bertz CT molecular complexity index is 434. The van der Waals surface area contributed by atoms with E-state index in [0.29, 0.717) is 0 Å². The Kier molecular flexibility index (Phi) is 2.41. The van der Waals surface area contributed by atoms with Gasteiger partial charge in [0.2, 0.25) is 0 Å². The van der Waals surface area contributed by atoms with Gasteiger partial charge in [0.25, 0.3) is 0 Å². The van der Waals surface area contributed by atoms with Crippen LogP contribution in [-0.2, 0) is 0 Å². The molecule has 0 amide bonds. The van der Waals surface area contributed by atoms with Crippen molar-refractivity contribution in [3.05, 3.63) is 36.3 Å². The number of nitrogens with zero attached hydrogens (tertiary/aromatic N) is 2. The molecule has 2 aromatic heterocycles. The van der Waals surface area contributed by atoms with Crippen LogP contribution in [0.1, 0.15) is 18.7 Å². The molecule has 0 aromatic carbocycles. The summed E-state index contributed by atoms with van der Waals surface area (Å²) < 4.78 is 0. The quantitative estimate of drug-likeness (QED) is 0.780. The first kappa shape index (κ1) is 9.09. The van der Waals surface area contributed by atoms with Gasteiger partial charge in [0.15, 0.2) is 0 Å². The van der Waals surface area contributed by atoms with Gasteiger partial charge in [0.1, 0.15) is 0 Å². The molecule has 0 aliphatic rings. The van der Waals surface area contributed by atoms with Crippen molar-refractivity contribution in [1.82, 2.24) is 15.3 Å². The smallest absolute Gasteiger partial charge is 0.0736 e. The minimum Gasteiger partial charge on any atom is -0.312 e. The van der Waals surface area contributed by atoms with Crippen LogP contribution in [0, 0.1) is 0 Å². The summed E-state index contributed by atoms with van der Waals surface area (Å²) in [4.78, 5) is 8.67. The number of fused-ring (bicyclic) bond motifs is 1. The lowest BCUT2D eigenvalue weighted by Gasteiger charge is -2.11. The molecular formula is C11H13N3. The summed E-state index contributed by atoms with van der Waals surface area (Å²) in [6, 6.07) is 6.18. The topological polar surface area (TPSA) is 37.8 Å². The zero-order chi connectivity index (χ0) is 9.97. The highest BCUT2D eigenvalue weighted by Gasteiger charge is 2.08. The lowest BCUT2D eigenvalue weighted by atomic mass is 10.1. The first-order valence-electron chi connectivity index (χ1n) is 4.70. The third-order valence-electron chi connectivity index (χ3n) is 2.40. The predicted molar refractivity (Wildman–Crippen MR) is 57.0 cm³/mol. The van der Waals surface area contributed by atoms with E-state index in [2.05, 4.69) is 28.3 Å². The van der Waals surface area contributed by atoms with Crippen molar-refractivity contribution in [2.75, 3.05) is 7.05 Å². The Labute approximate surface area is 83.2 Å². The van der Waals surface area contributed by atoms with E-state index in [1.54, 1.807) is 12.4 Å². The Hall–Kier alpha value is -1.48. The van der Waals surface area contributed by atoms with E-state index in [0.717, 1.165) is 16.6 Å². The van der Waals surface area contributed by atoms with E-state index in [1.807, 2.05) is 19.2 Å². The molecule has 0 fully saturated rings. The third-order valence-corrected chi connectivity index (χ3v) is 2.40. The monoisotopic (exact) mass is 187 g/mol. The summed E-state index contributed by atoms with van der Waals surface area (Å²) in [5.41, 5.74) is 2.05. The maximum absolute atomic E-state index is 4.38. The first-order chi connectivity index (χ1) is 6.83. The van der Waals surface area contributed by atoms with Crippen LogP contribution in [0.15, 0.2) is 30.6 Å². The molecular weight excluding hydrogens is 174 g/mol. The van der Waals surface area contributed by atoms with E-state index < -0.39 is 0 Å². The van der Waals surface area contributed by atoms with Crippen molar-refractivity contribution in [3.63, 3.8) is 0 Å². The molecule has 2 rings (SSSR count). The molecule has 2 heterocycles. The van der Waals surface area contributed by atoms with Crippen LogP contribution >= 0.6 is 0 Å². The van der Waals surface area contributed by atoms with E-state index >= 15 is 0 Å². The minimum absolute atomic E-state index is 0.253. The average molecular weight is 187 g/mol. The maximum Gasteiger partial charge on any atom is 0.0736 e. The second kappa shape index (κ2) is 3.72. The summed E-state index contributed by atoms with van der Waals surface area (Å²) in [5.74, 6) is 0. The Morgan fingerprint density at radius 1 is 1.21 bits per heavy atom. The fourth-order valence-electron chi connectivity index (χ4n) is 1.51. The highest BCUT2D eigenvalue weighted by molar-refractivity contribution is 5.80. The number of hydrogen-bond donors (Lipinski definition) is 1. The maximum atomic E-state index is 4.38. The largest absolute Gasteiger partial charge is 0.312 e. The molecule has 0 aliphatic carbocycles. The van der Waals surface area contributed by atoms with Crippen LogP contribution in [0.4, 0.5) is 0 Å². The molecule has 72 valence electrons. The van der Waals surface area contributed by atoms with Crippen molar-refractivity contribution in [3.8, 4) is 0 Å². The lowest BCUT2D eigenvalue weighted by molar-refractivity contribution is 0.638. The minimum atomic E-state index is 0.253. The second-order valence-corrected chi connectivity index (χ2v) is 3.28. The fraction of sp³-hybridized carbons (Fsp3) is 0.273. The molecule has 3 heteroatoms. The molecule has 1 N–H and O–H groups in total. The van der Waals surface area contributed by atoms with Crippen LogP contribution in [0.5, 0.6) is 0 Å². The highest BCUT2D eigenvalue weighted by Crippen LogP contribution is 2.19. The zero-order valence-corrected chi connectivity index (χ0v) is 8.36. The van der Waals surface area contributed by atoms with Gasteiger partial charge in [-0.15, -0.1) is 0 Å². The molecule has 3 nitrogen and oxygen atoms in total. The molecule has 2 aromatic rings. The SMILES string of the molecule is CN[C@H](C)c1nccc2ncccc12. The van der Waals surface area contributed by atoms with Gasteiger partial charge in [0, 0.05) is 23.8 Å². The Morgan fingerprint density at radius 2 is 2.07 bits per heavy atom. The summed E-state index contributed by atoms with van der Waals surface area (Å²) in [6.45, 7) is 2.09. The molecule has 0 spiro atoms. The molecule has 0 radical (unpaired) electrons. The number of pyridine rings is 2. The van der Waals surface area contributed by atoms with E-state index in [-0.39, 0.29) is 6.04 Å². The number of hydrogen-bond acceptors (Lipinski definition) is 3. The summed E-state index contributed by atoms with van der Waals surface area (Å²) in [5, 5.41) is 4.31. The van der Waals surface area contributed by atoms with Gasteiger partial charge < -0.3 is 5.32 Å². The lowest BCUT2D eigenvalue weighted by Crippen LogP contribution is -2.14. The summed E-state index contributed by atoms with van der Waals surface area (Å²) in [6.07, 6.45) is 3.61. The molecule has 0 unspecified atom stereocenters. The zero-order valence-electron chi connectivity index (χ0n) is 8.36. The molecule has 0 aliphatic heterocycles. The predicted octanol–water partition coefficient (Wildman–Crippen LogP) is 1.91. The van der Waals surface area contributed by atoms with Crippen molar-refractivity contribution in [1.29, 1.82) is 0 Å². The summed E-state index contributed by atoms with van der Waals surface area (Å²) in [7, 11) is 1.93. The second-order valence-electron chi connectivity index (χ2n) is 3.28. The van der Waals surface area contributed by atoms with E-state index in [4.69, 9.17) is 0 Å². The van der Waals surface area contributed by atoms with Crippen LogP contribution < -0.4 is 5.32 Å². The number of aromatic nitrogens is 2. The standard InChI is InChI=1S/C11H13N3/c1-8(12-2)11-9-4-3-6-13-10(9)5-7-14-11/h3-8,12H,1-2H3/t8-/m1/s1. The first-order valence-corrected chi connectivity index (χ1v) is 4.70. The van der Waals surface area contributed by atoms with Gasteiger partial charge in [-0.05, 0) is 32.2 Å². The van der Waals surface area contributed by atoms with Crippen LogP contribution in [-0.4, -0.2) is 17.0 Å². The van der Waals surface area contributed by atoms with Gasteiger partial charge in [-0.3, -0.25) is 9.97 Å². The van der Waals surface area contributed by atoms with Gasteiger partial charge in [-0.25, -0.2) is 0 Å². The van der Waals surface area contributed by atoms with Gasteiger partial charge in [-0.2, -0.15) is 0 Å². The normalized spacial score (nSPS) is 13.0. The van der Waals surface area contributed by atoms with E-state index in [1.165, 1.54) is 0 Å². The Balaban J connectivity index is 2.65. The van der Waals surface area contributed by atoms with Crippen molar-refractivity contribution in [2.24, 2.45) is 0 Å². The van der Waals surface area contributed by atoms with Crippen LogP contribution in [0.2, 0.25) is 0 Å². The molecule has 1 atom stereocenters. The van der Waals surface area contributed by atoms with Crippen molar-refractivity contribution < 1.29 is 0 Å². The van der Waals surface area contributed by atoms with E-state index in [9.17, 15) is 0 Å². The number of nitrogens with one attached hydrogen (secondary N) is 1. The molecule has 0 saturated heterocycles. The van der Waals surface area contributed by atoms with Crippen molar-refractivity contribution in [2.45, 2.75) is 13.0 Å². The third kappa shape index (κ3) is 1.46. The van der Waals surface area contributed by atoms with Gasteiger partial charge in [0.05, 0.1) is 11.2 Å². The Morgan fingerprint density at radius 3 is 2.86 bits per heavy atom. The molecule has 14 heavy (non-hydrogen) atoms. The number of rotatable bonds is 2.